The van der Waals surface area contributed by atoms with Crippen LogP contribution in [0.1, 0.15) is 5.69 Å². The Labute approximate surface area is 163 Å². The van der Waals surface area contributed by atoms with Gasteiger partial charge in [0.2, 0.25) is 5.91 Å². The van der Waals surface area contributed by atoms with Gasteiger partial charge in [0.1, 0.15) is 23.9 Å². The van der Waals surface area contributed by atoms with Gasteiger partial charge in [-0.05, 0) is 0 Å². The van der Waals surface area contributed by atoms with Crippen LogP contribution in [-0.4, -0.2) is 29.0 Å². The Kier molecular flexibility index (Phi) is 4.90. The summed E-state index contributed by atoms with van der Waals surface area (Å²) in [6, 6.07) is 12.3. The maximum atomic E-state index is 12.4. The normalized spacial score (nSPS) is 12.4. The minimum absolute atomic E-state index is 0.00886. The lowest BCUT2D eigenvalue weighted by atomic mass is 10.2. The van der Waals surface area contributed by atoms with E-state index in [1.807, 2.05) is 30.3 Å². The maximum absolute atomic E-state index is 12.4. The Hall–Kier alpha value is -3.46. The lowest BCUT2D eigenvalue weighted by Crippen LogP contribution is -2.18. The third-order valence-electron chi connectivity index (χ3n) is 4.05. The second-order valence-electron chi connectivity index (χ2n) is 6.01. The number of rotatable bonds is 5. The molecule has 0 bridgehead atoms. The van der Waals surface area contributed by atoms with E-state index in [2.05, 4.69) is 10.3 Å². The van der Waals surface area contributed by atoms with Crippen molar-refractivity contribution >= 4 is 28.6 Å². The number of nitrogens with zero attached hydrogens (tertiary/aromatic N) is 2. The van der Waals surface area contributed by atoms with Gasteiger partial charge in [0.15, 0.2) is 11.5 Å². The van der Waals surface area contributed by atoms with Crippen LogP contribution >= 0.6 is 11.3 Å². The van der Waals surface area contributed by atoms with Gasteiger partial charge in [0.05, 0.1) is 23.1 Å². The molecule has 0 atom stereocenters. The number of benzene rings is 2. The number of fused-ring (bicyclic) bond motifs is 1. The maximum Gasteiger partial charge on any atom is 0.296 e. The highest BCUT2D eigenvalue weighted by Crippen LogP contribution is 2.39. The van der Waals surface area contributed by atoms with Crippen molar-refractivity contribution < 1.29 is 19.2 Å². The molecule has 9 heteroatoms. The van der Waals surface area contributed by atoms with Crippen LogP contribution in [0.5, 0.6) is 11.5 Å². The highest BCUT2D eigenvalue weighted by Gasteiger charge is 2.23. The van der Waals surface area contributed by atoms with Crippen LogP contribution in [0, 0.1) is 10.1 Å². The number of amides is 1. The lowest BCUT2D eigenvalue weighted by molar-refractivity contribution is -0.384. The van der Waals surface area contributed by atoms with Crippen molar-refractivity contribution in [3.8, 4) is 22.1 Å². The smallest absolute Gasteiger partial charge is 0.296 e. The molecule has 1 aliphatic heterocycles. The number of thiazole rings is 1. The van der Waals surface area contributed by atoms with Gasteiger partial charge in [-0.1, -0.05) is 30.3 Å². The van der Waals surface area contributed by atoms with Crippen LogP contribution in [0.25, 0.3) is 10.6 Å². The molecule has 4 rings (SSSR count). The van der Waals surface area contributed by atoms with Crippen LogP contribution in [-0.2, 0) is 11.2 Å². The minimum Gasteiger partial charge on any atom is -0.486 e. The second-order valence-corrected chi connectivity index (χ2v) is 6.86. The first-order valence-electron chi connectivity index (χ1n) is 8.48. The van der Waals surface area contributed by atoms with Crippen molar-refractivity contribution in [3.05, 3.63) is 63.7 Å². The molecular formula is C19H15N3O5S. The number of anilines is 1. The number of ether oxygens (including phenoxy) is 2. The Bertz CT molecular complexity index is 1040. The number of hydrogen-bond acceptors (Lipinski definition) is 7. The summed E-state index contributed by atoms with van der Waals surface area (Å²) in [5.74, 6) is 0.264. The standard InChI is InChI=1S/C19H15N3O5S/c23-18(8-13-11-28-19(20-13)12-4-2-1-3-5-12)21-14-9-16-17(27-7-6-26-16)10-15(14)22(24)25/h1-5,9-11H,6-8H2,(H,21,23). The van der Waals surface area contributed by atoms with Crippen LogP contribution in [0.4, 0.5) is 11.4 Å². The first kappa shape index (κ1) is 17.9. The van der Waals surface area contributed by atoms with E-state index >= 15 is 0 Å². The molecule has 1 aliphatic rings. The van der Waals surface area contributed by atoms with Gasteiger partial charge in [-0.2, -0.15) is 0 Å². The van der Waals surface area contributed by atoms with Crippen molar-refractivity contribution in [2.75, 3.05) is 18.5 Å². The van der Waals surface area contributed by atoms with E-state index in [-0.39, 0.29) is 17.8 Å². The summed E-state index contributed by atoms with van der Waals surface area (Å²) in [7, 11) is 0. The highest BCUT2D eigenvalue weighted by atomic mass is 32.1. The number of nitro groups is 1. The van der Waals surface area contributed by atoms with Gasteiger partial charge in [-0.25, -0.2) is 4.98 Å². The van der Waals surface area contributed by atoms with Crippen molar-refractivity contribution in [2.24, 2.45) is 0 Å². The average Bonchev–Trinajstić information content (AvgIpc) is 3.16. The van der Waals surface area contributed by atoms with Crippen LogP contribution < -0.4 is 14.8 Å². The topological polar surface area (TPSA) is 104 Å². The highest BCUT2D eigenvalue weighted by molar-refractivity contribution is 7.13. The fourth-order valence-electron chi connectivity index (χ4n) is 2.79. The van der Waals surface area contributed by atoms with E-state index in [0.29, 0.717) is 30.4 Å². The molecule has 28 heavy (non-hydrogen) atoms. The van der Waals surface area contributed by atoms with E-state index in [9.17, 15) is 14.9 Å². The Balaban J connectivity index is 1.51. The zero-order valence-electron chi connectivity index (χ0n) is 14.6. The van der Waals surface area contributed by atoms with E-state index in [1.165, 1.54) is 23.5 Å². The lowest BCUT2D eigenvalue weighted by Gasteiger charge is -2.19. The third kappa shape index (κ3) is 3.79. The summed E-state index contributed by atoms with van der Waals surface area (Å²) in [5, 5.41) is 16.6. The monoisotopic (exact) mass is 397 g/mol. The number of nitrogens with one attached hydrogen (secondary N) is 1. The quantitative estimate of drug-likeness (QED) is 0.520. The van der Waals surface area contributed by atoms with Crippen molar-refractivity contribution in [1.29, 1.82) is 0 Å². The molecule has 1 N–H and O–H groups in total. The van der Waals surface area contributed by atoms with Crippen molar-refractivity contribution in [3.63, 3.8) is 0 Å². The molecule has 2 heterocycles. The third-order valence-corrected chi connectivity index (χ3v) is 4.99. The number of nitro benzene ring substituents is 1. The molecule has 0 fully saturated rings. The number of carbonyl (C=O) groups is 1. The molecule has 1 aromatic heterocycles. The van der Waals surface area contributed by atoms with E-state index < -0.39 is 10.8 Å². The fraction of sp³-hybridized carbons (Fsp3) is 0.158. The molecule has 142 valence electrons. The van der Waals surface area contributed by atoms with Crippen LogP contribution in [0.3, 0.4) is 0 Å². The summed E-state index contributed by atoms with van der Waals surface area (Å²) in [4.78, 5) is 27.7. The molecule has 0 saturated heterocycles. The summed E-state index contributed by atoms with van der Waals surface area (Å²) >= 11 is 1.44. The molecule has 0 radical (unpaired) electrons. The Morgan fingerprint density at radius 3 is 2.61 bits per heavy atom. The molecule has 8 nitrogen and oxygen atoms in total. The largest absolute Gasteiger partial charge is 0.486 e. The molecule has 0 unspecified atom stereocenters. The zero-order chi connectivity index (χ0) is 19.5. The molecule has 0 aliphatic carbocycles. The minimum atomic E-state index is -0.565. The van der Waals surface area contributed by atoms with Gasteiger partial charge < -0.3 is 14.8 Å². The second kappa shape index (κ2) is 7.65. The zero-order valence-corrected chi connectivity index (χ0v) is 15.4. The summed E-state index contributed by atoms with van der Waals surface area (Å²) in [6.45, 7) is 0.669. The molecule has 2 aromatic carbocycles. The predicted octanol–water partition coefficient (Wildman–Crippen LogP) is 3.67. The van der Waals surface area contributed by atoms with Gasteiger partial charge in [0.25, 0.3) is 5.69 Å². The molecule has 3 aromatic rings. The fourth-order valence-corrected chi connectivity index (χ4v) is 3.62. The Morgan fingerprint density at radius 1 is 1.18 bits per heavy atom. The van der Waals surface area contributed by atoms with Gasteiger partial charge in [-0.15, -0.1) is 11.3 Å². The van der Waals surface area contributed by atoms with Crippen LogP contribution in [0.15, 0.2) is 47.8 Å². The molecule has 0 spiro atoms. The molecular weight excluding hydrogens is 382 g/mol. The predicted molar refractivity (Wildman–Crippen MR) is 104 cm³/mol. The average molecular weight is 397 g/mol. The van der Waals surface area contributed by atoms with E-state index in [1.54, 1.807) is 5.38 Å². The van der Waals surface area contributed by atoms with Crippen molar-refractivity contribution in [1.82, 2.24) is 4.98 Å². The summed E-state index contributed by atoms with van der Waals surface area (Å²) in [6.07, 6.45) is 0.00886. The Morgan fingerprint density at radius 2 is 1.89 bits per heavy atom. The summed E-state index contributed by atoms with van der Waals surface area (Å²) in [5.41, 5.74) is 1.39. The summed E-state index contributed by atoms with van der Waals surface area (Å²) < 4.78 is 10.8. The van der Waals surface area contributed by atoms with Gasteiger partial charge in [0, 0.05) is 17.0 Å². The number of carbonyl (C=O) groups excluding carboxylic acids is 1. The van der Waals surface area contributed by atoms with Gasteiger partial charge >= 0.3 is 0 Å². The first-order valence-corrected chi connectivity index (χ1v) is 9.36. The van der Waals surface area contributed by atoms with Gasteiger partial charge in [-0.3, -0.25) is 14.9 Å². The molecule has 0 saturated carbocycles. The van der Waals surface area contributed by atoms with E-state index in [4.69, 9.17) is 9.47 Å². The first-order chi connectivity index (χ1) is 13.6. The van der Waals surface area contributed by atoms with E-state index in [0.717, 1.165) is 10.6 Å². The number of aromatic nitrogens is 1. The van der Waals surface area contributed by atoms with Crippen molar-refractivity contribution in [2.45, 2.75) is 6.42 Å². The molecule has 1 amide bonds. The van der Waals surface area contributed by atoms with Crippen LogP contribution in [0.2, 0.25) is 0 Å². The number of hydrogen-bond donors (Lipinski definition) is 1. The SMILES string of the molecule is O=C(Cc1csc(-c2ccccc2)n1)Nc1cc2c(cc1[N+](=O)[O-])OCCO2.